The molecule has 3 nitrogen and oxygen atoms in total. The maximum atomic E-state index is 6.07. The highest BCUT2D eigenvalue weighted by atomic mass is 16.3. The van der Waals surface area contributed by atoms with Gasteiger partial charge >= 0.3 is 0 Å². The number of rotatable bonds is 3. The first-order chi connectivity index (χ1) is 9.31. The van der Waals surface area contributed by atoms with Gasteiger partial charge < -0.3 is 9.73 Å². The SMILES string of the molecule is CC1CC1c1ccc(CN2CCCC3CNCC32)o1. The minimum atomic E-state index is 0.705. The Morgan fingerprint density at radius 3 is 3.11 bits per heavy atom. The van der Waals surface area contributed by atoms with Crippen LogP contribution in [0.3, 0.4) is 0 Å². The summed E-state index contributed by atoms with van der Waals surface area (Å²) >= 11 is 0. The second-order valence-electron chi connectivity index (χ2n) is 6.72. The molecule has 3 heteroatoms. The van der Waals surface area contributed by atoms with E-state index in [9.17, 15) is 0 Å². The predicted octanol–water partition coefficient (Wildman–Crippen LogP) is 2.59. The Labute approximate surface area is 115 Å². The Morgan fingerprint density at radius 2 is 2.26 bits per heavy atom. The van der Waals surface area contributed by atoms with Crippen LogP contribution in [-0.4, -0.2) is 30.6 Å². The molecule has 2 saturated heterocycles. The van der Waals surface area contributed by atoms with Crippen LogP contribution in [0.4, 0.5) is 0 Å². The lowest BCUT2D eigenvalue weighted by atomic mass is 9.92. The van der Waals surface area contributed by atoms with Crippen LogP contribution < -0.4 is 5.32 Å². The lowest BCUT2D eigenvalue weighted by Crippen LogP contribution is -2.44. The standard InChI is InChI=1S/C16H24N2O/c1-11-7-14(11)16-5-4-13(19-16)10-18-6-2-3-12-8-17-9-15(12)18/h4-5,11-12,14-15,17H,2-3,6-10H2,1H3. The van der Waals surface area contributed by atoms with Crippen molar-refractivity contribution in [2.45, 2.75) is 44.7 Å². The summed E-state index contributed by atoms with van der Waals surface area (Å²) in [7, 11) is 0. The fourth-order valence-electron chi connectivity index (χ4n) is 3.96. The van der Waals surface area contributed by atoms with Crippen molar-refractivity contribution in [3.05, 3.63) is 23.7 Å². The molecule has 0 bridgehead atoms. The van der Waals surface area contributed by atoms with Gasteiger partial charge in [0.1, 0.15) is 11.5 Å². The fraction of sp³-hybridized carbons (Fsp3) is 0.750. The van der Waals surface area contributed by atoms with E-state index >= 15 is 0 Å². The highest BCUT2D eigenvalue weighted by Crippen LogP contribution is 2.47. The highest BCUT2D eigenvalue weighted by Gasteiger charge is 2.37. The predicted molar refractivity (Wildman–Crippen MR) is 75.0 cm³/mol. The summed E-state index contributed by atoms with van der Waals surface area (Å²) in [6.07, 6.45) is 4.05. The molecule has 1 aliphatic carbocycles. The maximum absolute atomic E-state index is 6.07. The van der Waals surface area contributed by atoms with Crippen LogP contribution in [0.1, 0.15) is 43.6 Å². The number of likely N-dealkylation sites (tertiary alicyclic amines) is 1. The van der Waals surface area contributed by atoms with Gasteiger partial charge in [0.25, 0.3) is 0 Å². The fourth-order valence-corrected chi connectivity index (χ4v) is 3.96. The molecule has 0 radical (unpaired) electrons. The number of furan rings is 1. The van der Waals surface area contributed by atoms with Crippen molar-refractivity contribution in [3.8, 4) is 0 Å². The molecular weight excluding hydrogens is 236 g/mol. The summed E-state index contributed by atoms with van der Waals surface area (Å²) < 4.78 is 6.07. The van der Waals surface area contributed by atoms with E-state index in [4.69, 9.17) is 4.42 Å². The van der Waals surface area contributed by atoms with Crippen molar-refractivity contribution < 1.29 is 4.42 Å². The molecular formula is C16H24N2O. The molecule has 1 aromatic rings. The van der Waals surface area contributed by atoms with Crippen LogP contribution in [0.15, 0.2) is 16.5 Å². The van der Waals surface area contributed by atoms with Crippen LogP contribution in [0, 0.1) is 11.8 Å². The third-order valence-electron chi connectivity index (χ3n) is 5.31. The van der Waals surface area contributed by atoms with Crippen molar-refractivity contribution in [2.75, 3.05) is 19.6 Å². The Bertz CT molecular complexity index is 455. The van der Waals surface area contributed by atoms with Gasteiger partial charge in [0.2, 0.25) is 0 Å². The van der Waals surface area contributed by atoms with E-state index in [1.807, 2.05) is 0 Å². The van der Waals surface area contributed by atoms with Crippen LogP contribution >= 0.6 is 0 Å². The first-order valence-electron chi connectivity index (χ1n) is 7.84. The van der Waals surface area contributed by atoms with Crippen LogP contribution in [-0.2, 0) is 6.54 Å². The van der Waals surface area contributed by atoms with E-state index in [-0.39, 0.29) is 0 Å². The molecule has 1 saturated carbocycles. The average molecular weight is 260 g/mol. The van der Waals surface area contributed by atoms with E-state index in [1.165, 1.54) is 43.9 Å². The Hall–Kier alpha value is -0.800. The summed E-state index contributed by atoms with van der Waals surface area (Å²) in [5.74, 6) is 4.79. The molecule has 0 aromatic carbocycles. The van der Waals surface area contributed by atoms with Crippen molar-refractivity contribution in [2.24, 2.45) is 11.8 Å². The molecule has 1 aromatic heterocycles. The number of hydrogen-bond acceptors (Lipinski definition) is 3. The average Bonchev–Trinajstić information content (AvgIpc) is 2.86. The van der Waals surface area contributed by atoms with Gasteiger partial charge in [-0.1, -0.05) is 6.92 Å². The van der Waals surface area contributed by atoms with Gasteiger partial charge in [-0.2, -0.15) is 0 Å². The Balaban J connectivity index is 1.44. The first kappa shape index (κ1) is 12.0. The smallest absolute Gasteiger partial charge is 0.118 e. The lowest BCUT2D eigenvalue weighted by Gasteiger charge is -2.36. The van der Waals surface area contributed by atoms with Crippen LogP contribution in [0.2, 0.25) is 0 Å². The Morgan fingerprint density at radius 1 is 1.37 bits per heavy atom. The topological polar surface area (TPSA) is 28.4 Å². The van der Waals surface area contributed by atoms with Crippen molar-refractivity contribution in [3.63, 3.8) is 0 Å². The molecule has 4 unspecified atom stereocenters. The summed E-state index contributed by atoms with van der Waals surface area (Å²) in [5, 5.41) is 3.55. The molecule has 0 amide bonds. The summed E-state index contributed by atoms with van der Waals surface area (Å²) in [4.78, 5) is 2.63. The Kier molecular flexibility index (Phi) is 2.92. The molecule has 3 heterocycles. The third-order valence-corrected chi connectivity index (χ3v) is 5.31. The number of piperidine rings is 1. The van der Waals surface area contributed by atoms with E-state index < -0.39 is 0 Å². The minimum Gasteiger partial charge on any atom is -0.464 e. The zero-order chi connectivity index (χ0) is 12.8. The largest absolute Gasteiger partial charge is 0.464 e. The molecule has 19 heavy (non-hydrogen) atoms. The highest BCUT2D eigenvalue weighted by molar-refractivity contribution is 5.17. The summed E-state index contributed by atoms with van der Waals surface area (Å²) in [6.45, 7) is 6.93. The van der Waals surface area contributed by atoms with E-state index in [0.717, 1.165) is 31.0 Å². The number of nitrogens with zero attached hydrogens (tertiary/aromatic N) is 1. The lowest BCUT2D eigenvalue weighted by molar-refractivity contribution is 0.108. The van der Waals surface area contributed by atoms with Gasteiger partial charge in [-0.05, 0) is 56.3 Å². The van der Waals surface area contributed by atoms with Crippen molar-refractivity contribution in [1.82, 2.24) is 10.2 Å². The van der Waals surface area contributed by atoms with E-state index in [0.29, 0.717) is 5.92 Å². The van der Waals surface area contributed by atoms with Crippen molar-refractivity contribution in [1.29, 1.82) is 0 Å². The second kappa shape index (κ2) is 4.64. The quantitative estimate of drug-likeness (QED) is 0.905. The molecule has 1 N–H and O–H groups in total. The van der Waals surface area contributed by atoms with Gasteiger partial charge in [0.05, 0.1) is 6.54 Å². The minimum absolute atomic E-state index is 0.705. The molecule has 3 aliphatic rings. The van der Waals surface area contributed by atoms with Gasteiger partial charge in [0, 0.05) is 18.5 Å². The van der Waals surface area contributed by atoms with E-state index in [2.05, 4.69) is 29.3 Å². The number of fused-ring (bicyclic) bond motifs is 1. The molecule has 3 fully saturated rings. The first-order valence-corrected chi connectivity index (χ1v) is 7.84. The zero-order valence-electron chi connectivity index (χ0n) is 11.8. The molecule has 0 spiro atoms. The van der Waals surface area contributed by atoms with Gasteiger partial charge in [-0.3, -0.25) is 4.90 Å². The van der Waals surface area contributed by atoms with E-state index in [1.54, 1.807) is 0 Å². The van der Waals surface area contributed by atoms with Gasteiger partial charge in [0.15, 0.2) is 0 Å². The van der Waals surface area contributed by atoms with Crippen LogP contribution in [0.25, 0.3) is 0 Å². The number of nitrogens with one attached hydrogen (secondary N) is 1. The molecule has 4 atom stereocenters. The molecule has 2 aliphatic heterocycles. The molecule has 4 rings (SSSR count). The molecule has 104 valence electrons. The maximum Gasteiger partial charge on any atom is 0.118 e. The third kappa shape index (κ3) is 2.23. The zero-order valence-corrected chi connectivity index (χ0v) is 11.8. The summed E-state index contributed by atoms with van der Waals surface area (Å²) in [6, 6.07) is 5.15. The van der Waals surface area contributed by atoms with Gasteiger partial charge in [-0.15, -0.1) is 0 Å². The normalized spacial score (nSPS) is 38.4. The monoisotopic (exact) mass is 260 g/mol. The van der Waals surface area contributed by atoms with Gasteiger partial charge in [-0.25, -0.2) is 0 Å². The summed E-state index contributed by atoms with van der Waals surface area (Å²) in [5.41, 5.74) is 0. The second-order valence-corrected chi connectivity index (χ2v) is 6.72. The van der Waals surface area contributed by atoms with Crippen molar-refractivity contribution >= 4 is 0 Å². The van der Waals surface area contributed by atoms with Crippen LogP contribution in [0.5, 0.6) is 0 Å². The number of hydrogen-bond donors (Lipinski definition) is 1.